The van der Waals surface area contributed by atoms with Crippen molar-refractivity contribution < 1.29 is 0 Å². The number of halogens is 2. The van der Waals surface area contributed by atoms with Crippen molar-refractivity contribution in [2.24, 2.45) is 10.2 Å². The molecule has 0 spiro atoms. The van der Waals surface area contributed by atoms with Crippen LogP contribution in [-0.2, 0) is 0 Å². The molecule has 3 rings (SSSR count). The van der Waals surface area contributed by atoms with E-state index in [0.29, 0.717) is 21.4 Å². The molecule has 0 aliphatic heterocycles. The summed E-state index contributed by atoms with van der Waals surface area (Å²) in [7, 11) is 0. The van der Waals surface area contributed by atoms with Gasteiger partial charge in [0.15, 0.2) is 0 Å². The van der Waals surface area contributed by atoms with E-state index in [0.717, 1.165) is 16.5 Å². The number of fused-ring (bicyclic) bond motifs is 1. The van der Waals surface area contributed by atoms with Crippen LogP contribution >= 0.6 is 23.2 Å². The second-order valence-electron chi connectivity index (χ2n) is 4.49. The first-order valence-corrected chi connectivity index (χ1v) is 7.05. The van der Waals surface area contributed by atoms with E-state index < -0.39 is 0 Å². The average Bonchev–Trinajstić information content (AvgIpc) is 2.51. The molecule has 3 nitrogen and oxygen atoms in total. The van der Waals surface area contributed by atoms with Crippen molar-refractivity contribution in [3.05, 3.63) is 64.6 Å². The Hall–Kier alpha value is -2.10. The molecule has 2 N–H and O–H groups in total. The van der Waals surface area contributed by atoms with Crippen molar-refractivity contribution in [1.29, 1.82) is 0 Å². The Morgan fingerprint density at radius 3 is 2.24 bits per heavy atom. The van der Waals surface area contributed by atoms with Gasteiger partial charge in [-0.1, -0.05) is 53.5 Å². The number of benzene rings is 3. The van der Waals surface area contributed by atoms with Crippen LogP contribution in [0.4, 0.5) is 17.1 Å². The van der Waals surface area contributed by atoms with Crippen molar-refractivity contribution >= 4 is 51.0 Å². The summed E-state index contributed by atoms with van der Waals surface area (Å²) in [4.78, 5) is 0. The van der Waals surface area contributed by atoms with Crippen LogP contribution in [0.2, 0.25) is 10.0 Å². The fraction of sp³-hybridized carbons (Fsp3) is 0. The van der Waals surface area contributed by atoms with Gasteiger partial charge in [-0.05, 0) is 24.3 Å². The van der Waals surface area contributed by atoms with E-state index in [9.17, 15) is 0 Å². The van der Waals surface area contributed by atoms with Crippen molar-refractivity contribution in [2.45, 2.75) is 0 Å². The van der Waals surface area contributed by atoms with E-state index in [1.165, 1.54) is 0 Å². The van der Waals surface area contributed by atoms with Gasteiger partial charge in [-0.3, -0.25) is 0 Å². The molecule has 3 aromatic carbocycles. The molecule has 3 aromatic rings. The minimum absolute atomic E-state index is 0.391. The summed E-state index contributed by atoms with van der Waals surface area (Å²) in [6, 6.07) is 16.7. The number of anilines is 1. The zero-order chi connectivity index (χ0) is 14.8. The van der Waals surface area contributed by atoms with Crippen molar-refractivity contribution in [1.82, 2.24) is 0 Å². The molecule has 0 aliphatic rings. The first-order chi connectivity index (χ1) is 10.2. The maximum Gasteiger partial charge on any atom is 0.106 e. The number of nitrogens with two attached hydrogens (primary N) is 1. The molecule has 0 unspecified atom stereocenters. The highest BCUT2D eigenvalue weighted by atomic mass is 35.5. The predicted octanol–water partition coefficient (Wildman–Crippen LogP) is 6.14. The molecule has 0 aromatic heterocycles. The second-order valence-corrected chi connectivity index (χ2v) is 5.28. The summed E-state index contributed by atoms with van der Waals surface area (Å²) in [6.45, 7) is 0. The smallest absolute Gasteiger partial charge is 0.106 e. The molecular formula is C16H11Cl2N3. The standard InChI is InChI=1S/C16H11Cl2N3/c17-12-6-3-7-15(16(12)18)21-20-14-9-8-13(19)10-4-1-2-5-11(10)14/h1-9H,19H2. The van der Waals surface area contributed by atoms with E-state index in [1.54, 1.807) is 18.2 Å². The lowest BCUT2D eigenvalue weighted by Crippen LogP contribution is -1.86. The van der Waals surface area contributed by atoms with Crippen LogP contribution in [0.1, 0.15) is 0 Å². The molecule has 5 heteroatoms. The van der Waals surface area contributed by atoms with Crippen LogP contribution in [0.25, 0.3) is 10.8 Å². The lowest BCUT2D eigenvalue weighted by molar-refractivity contribution is 1.24. The van der Waals surface area contributed by atoms with Gasteiger partial charge in [-0.25, -0.2) is 0 Å². The van der Waals surface area contributed by atoms with Crippen LogP contribution in [-0.4, -0.2) is 0 Å². The summed E-state index contributed by atoms with van der Waals surface area (Å²) >= 11 is 12.1. The van der Waals surface area contributed by atoms with Crippen LogP contribution < -0.4 is 5.73 Å². The normalized spacial score (nSPS) is 11.3. The molecule has 21 heavy (non-hydrogen) atoms. The third-order valence-electron chi connectivity index (χ3n) is 3.13. The molecule has 0 radical (unpaired) electrons. The van der Waals surface area contributed by atoms with E-state index in [1.807, 2.05) is 36.4 Å². The highest BCUT2D eigenvalue weighted by Gasteiger charge is 2.05. The van der Waals surface area contributed by atoms with Gasteiger partial charge >= 0.3 is 0 Å². The number of hydrogen-bond donors (Lipinski definition) is 1. The van der Waals surface area contributed by atoms with Gasteiger partial charge < -0.3 is 5.73 Å². The van der Waals surface area contributed by atoms with Crippen LogP contribution in [0.15, 0.2) is 64.8 Å². The topological polar surface area (TPSA) is 50.7 Å². The molecule has 0 amide bonds. The minimum Gasteiger partial charge on any atom is -0.398 e. The third-order valence-corrected chi connectivity index (χ3v) is 3.94. The minimum atomic E-state index is 0.391. The van der Waals surface area contributed by atoms with Crippen molar-refractivity contribution in [3.8, 4) is 0 Å². The molecule has 0 bridgehead atoms. The Bertz CT molecular complexity index is 844. The monoisotopic (exact) mass is 315 g/mol. The highest BCUT2D eigenvalue weighted by molar-refractivity contribution is 6.43. The first kappa shape index (κ1) is 13.9. The SMILES string of the molecule is Nc1ccc(N=Nc2cccc(Cl)c2Cl)c2ccccc12. The molecule has 0 saturated carbocycles. The fourth-order valence-corrected chi connectivity index (χ4v) is 2.40. The van der Waals surface area contributed by atoms with E-state index in [-0.39, 0.29) is 0 Å². The average molecular weight is 316 g/mol. The summed E-state index contributed by atoms with van der Waals surface area (Å²) in [6.07, 6.45) is 0. The first-order valence-electron chi connectivity index (χ1n) is 6.30. The third kappa shape index (κ3) is 2.71. The molecule has 0 saturated heterocycles. The maximum absolute atomic E-state index is 6.10. The van der Waals surface area contributed by atoms with Crippen LogP contribution in [0, 0.1) is 0 Å². The Balaban J connectivity index is 2.08. The molecule has 0 atom stereocenters. The number of azo groups is 1. The Morgan fingerprint density at radius 2 is 1.43 bits per heavy atom. The van der Waals surface area contributed by atoms with Gasteiger partial charge in [0.1, 0.15) is 5.69 Å². The lowest BCUT2D eigenvalue weighted by Gasteiger charge is -2.04. The number of rotatable bonds is 2. The van der Waals surface area contributed by atoms with Gasteiger partial charge in [0, 0.05) is 16.5 Å². The maximum atomic E-state index is 6.10. The Kier molecular flexibility index (Phi) is 3.78. The number of hydrogen-bond acceptors (Lipinski definition) is 3. The van der Waals surface area contributed by atoms with E-state index in [2.05, 4.69) is 10.2 Å². The Labute approximate surface area is 132 Å². The van der Waals surface area contributed by atoms with Gasteiger partial charge in [-0.15, -0.1) is 10.2 Å². The van der Waals surface area contributed by atoms with Gasteiger partial charge in [0.25, 0.3) is 0 Å². The lowest BCUT2D eigenvalue weighted by atomic mass is 10.1. The van der Waals surface area contributed by atoms with Crippen LogP contribution in [0.5, 0.6) is 0 Å². The molecular weight excluding hydrogens is 305 g/mol. The molecule has 0 aliphatic carbocycles. The Morgan fingerprint density at radius 1 is 0.714 bits per heavy atom. The number of nitrogens with zero attached hydrogens (tertiary/aromatic N) is 2. The van der Waals surface area contributed by atoms with Crippen molar-refractivity contribution in [3.63, 3.8) is 0 Å². The van der Waals surface area contributed by atoms with Crippen LogP contribution in [0.3, 0.4) is 0 Å². The quantitative estimate of drug-likeness (QED) is 0.448. The number of nitrogen functional groups attached to an aromatic ring is 1. The summed E-state index contributed by atoms with van der Waals surface area (Å²) in [5.74, 6) is 0. The largest absolute Gasteiger partial charge is 0.398 e. The summed E-state index contributed by atoms with van der Waals surface area (Å²) in [5.41, 5.74) is 7.94. The summed E-state index contributed by atoms with van der Waals surface area (Å²) in [5, 5.41) is 11.2. The van der Waals surface area contributed by atoms with Crippen molar-refractivity contribution in [2.75, 3.05) is 5.73 Å². The highest BCUT2D eigenvalue weighted by Crippen LogP contribution is 2.35. The van der Waals surface area contributed by atoms with Gasteiger partial charge in [0.2, 0.25) is 0 Å². The zero-order valence-corrected chi connectivity index (χ0v) is 12.4. The van der Waals surface area contributed by atoms with Gasteiger partial charge in [0.05, 0.1) is 15.7 Å². The second kappa shape index (κ2) is 5.72. The van der Waals surface area contributed by atoms with E-state index >= 15 is 0 Å². The molecule has 0 heterocycles. The fourth-order valence-electron chi connectivity index (χ4n) is 2.07. The predicted molar refractivity (Wildman–Crippen MR) is 89.0 cm³/mol. The van der Waals surface area contributed by atoms with Gasteiger partial charge in [-0.2, -0.15) is 0 Å². The zero-order valence-electron chi connectivity index (χ0n) is 10.9. The van der Waals surface area contributed by atoms with E-state index in [4.69, 9.17) is 28.9 Å². The summed E-state index contributed by atoms with van der Waals surface area (Å²) < 4.78 is 0. The molecule has 104 valence electrons. The molecule has 0 fully saturated rings.